The number of benzene rings is 1. The monoisotopic (exact) mass is 325 g/mol. The van der Waals surface area contributed by atoms with Crippen LogP contribution in [0.15, 0.2) is 18.2 Å². The SMILES string of the molecule is O=C1OCCN1CCCN1CCN(c2cccc(F)c2F)CC1. The molecule has 0 bridgehead atoms. The van der Waals surface area contributed by atoms with Crippen molar-refractivity contribution in [1.29, 1.82) is 0 Å². The third-order valence-electron chi connectivity index (χ3n) is 4.39. The first-order chi connectivity index (χ1) is 11.1. The number of hydrogen-bond acceptors (Lipinski definition) is 4. The Hall–Kier alpha value is -1.89. The lowest BCUT2D eigenvalue weighted by molar-refractivity contribution is 0.156. The summed E-state index contributed by atoms with van der Waals surface area (Å²) in [6.07, 6.45) is 0.667. The number of carbonyl (C=O) groups is 1. The highest BCUT2D eigenvalue weighted by atomic mass is 19.2. The molecule has 126 valence electrons. The number of ether oxygens (including phenoxy) is 1. The van der Waals surface area contributed by atoms with Crippen molar-refractivity contribution in [3.8, 4) is 0 Å². The van der Waals surface area contributed by atoms with Crippen molar-refractivity contribution < 1.29 is 18.3 Å². The molecule has 2 heterocycles. The molecule has 0 spiro atoms. The molecule has 7 heteroatoms. The second-order valence-corrected chi connectivity index (χ2v) is 5.86. The molecule has 0 saturated carbocycles. The van der Waals surface area contributed by atoms with E-state index in [4.69, 9.17) is 4.74 Å². The van der Waals surface area contributed by atoms with E-state index in [9.17, 15) is 13.6 Å². The van der Waals surface area contributed by atoms with Crippen LogP contribution >= 0.6 is 0 Å². The van der Waals surface area contributed by atoms with Gasteiger partial charge in [0.25, 0.3) is 0 Å². The molecule has 0 N–H and O–H groups in total. The molecule has 3 rings (SSSR count). The van der Waals surface area contributed by atoms with Gasteiger partial charge in [0.15, 0.2) is 11.6 Å². The lowest BCUT2D eigenvalue weighted by atomic mass is 10.2. The molecule has 23 heavy (non-hydrogen) atoms. The van der Waals surface area contributed by atoms with E-state index in [1.165, 1.54) is 6.07 Å². The number of anilines is 1. The Balaban J connectivity index is 1.43. The number of cyclic esters (lactones) is 1. The Morgan fingerprint density at radius 1 is 1.04 bits per heavy atom. The van der Waals surface area contributed by atoms with Gasteiger partial charge >= 0.3 is 6.09 Å². The second kappa shape index (κ2) is 7.12. The summed E-state index contributed by atoms with van der Waals surface area (Å²) < 4.78 is 32.0. The van der Waals surface area contributed by atoms with Crippen LogP contribution in [0.1, 0.15) is 6.42 Å². The zero-order valence-corrected chi connectivity index (χ0v) is 13.0. The van der Waals surface area contributed by atoms with Crippen LogP contribution in [0, 0.1) is 11.6 Å². The maximum absolute atomic E-state index is 13.8. The lowest BCUT2D eigenvalue weighted by Crippen LogP contribution is -2.47. The molecule has 2 aliphatic heterocycles. The van der Waals surface area contributed by atoms with E-state index < -0.39 is 11.6 Å². The minimum absolute atomic E-state index is 0.226. The van der Waals surface area contributed by atoms with Gasteiger partial charge in [-0.2, -0.15) is 0 Å². The zero-order valence-electron chi connectivity index (χ0n) is 13.0. The molecular weight excluding hydrogens is 304 g/mol. The number of carbonyl (C=O) groups excluding carboxylic acids is 1. The highest BCUT2D eigenvalue weighted by Crippen LogP contribution is 2.22. The van der Waals surface area contributed by atoms with Crippen molar-refractivity contribution in [2.45, 2.75) is 6.42 Å². The van der Waals surface area contributed by atoms with Gasteiger partial charge in [0.2, 0.25) is 0 Å². The molecule has 0 radical (unpaired) electrons. The van der Waals surface area contributed by atoms with Crippen molar-refractivity contribution in [2.75, 3.05) is 57.3 Å². The van der Waals surface area contributed by atoms with Gasteiger partial charge in [0.05, 0.1) is 12.2 Å². The number of hydrogen-bond donors (Lipinski definition) is 0. The molecule has 1 amide bonds. The summed E-state index contributed by atoms with van der Waals surface area (Å²) in [5.41, 5.74) is 0.337. The summed E-state index contributed by atoms with van der Waals surface area (Å²) in [5, 5.41) is 0. The fourth-order valence-corrected chi connectivity index (χ4v) is 3.06. The number of nitrogens with zero attached hydrogens (tertiary/aromatic N) is 3. The molecule has 1 aromatic carbocycles. The smallest absolute Gasteiger partial charge is 0.409 e. The first-order valence-electron chi connectivity index (χ1n) is 7.98. The van der Waals surface area contributed by atoms with Crippen molar-refractivity contribution >= 4 is 11.8 Å². The van der Waals surface area contributed by atoms with Crippen LogP contribution in [-0.4, -0.2) is 68.3 Å². The van der Waals surface area contributed by atoms with Crippen LogP contribution in [-0.2, 0) is 4.74 Å². The summed E-state index contributed by atoms with van der Waals surface area (Å²) in [4.78, 5) is 17.2. The Labute approximate surface area is 134 Å². The minimum atomic E-state index is -0.803. The normalized spacial score (nSPS) is 19.3. The molecular formula is C16H21F2N3O2. The molecule has 0 unspecified atom stereocenters. The largest absolute Gasteiger partial charge is 0.448 e. The van der Waals surface area contributed by atoms with Gasteiger partial charge in [-0.3, -0.25) is 4.90 Å². The molecule has 0 atom stereocenters. The topological polar surface area (TPSA) is 36.0 Å². The Bertz CT molecular complexity index is 562. The Kier molecular flexibility index (Phi) is 4.95. The summed E-state index contributed by atoms with van der Waals surface area (Å²) in [5.74, 6) is -1.57. The first kappa shape index (κ1) is 16.0. The quantitative estimate of drug-likeness (QED) is 0.829. The highest BCUT2D eigenvalue weighted by molar-refractivity contribution is 5.69. The van der Waals surface area contributed by atoms with Gasteiger partial charge in [-0.25, -0.2) is 13.6 Å². The number of amides is 1. The zero-order chi connectivity index (χ0) is 16.2. The van der Waals surface area contributed by atoms with E-state index in [1.54, 1.807) is 11.0 Å². The lowest BCUT2D eigenvalue weighted by Gasteiger charge is -2.36. The van der Waals surface area contributed by atoms with E-state index >= 15 is 0 Å². The molecule has 0 aliphatic carbocycles. The van der Waals surface area contributed by atoms with Gasteiger partial charge in [0, 0.05) is 32.7 Å². The molecule has 2 saturated heterocycles. The van der Waals surface area contributed by atoms with Gasteiger partial charge in [-0.05, 0) is 25.1 Å². The second-order valence-electron chi connectivity index (χ2n) is 5.86. The van der Waals surface area contributed by atoms with Crippen LogP contribution in [0.3, 0.4) is 0 Å². The maximum atomic E-state index is 13.8. The van der Waals surface area contributed by atoms with Crippen LogP contribution < -0.4 is 4.90 Å². The van der Waals surface area contributed by atoms with Crippen LogP contribution in [0.2, 0.25) is 0 Å². The van der Waals surface area contributed by atoms with Crippen LogP contribution in [0.25, 0.3) is 0 Å². The average molecular weight is 325 g/mol. The molecule has 2 fully saturated rings. The number of halogens is 2. The van der Waals surface area contributed by atoms with E-state index in [-0.39, 0.29) is 6.09 Å². The van der Waals surface area contributed by atoms with Gasteiger partial charge in [0.1, 0.15) is 6.61 Å². The van der Waals surface area contributed by atoms with Gasteiger partial charge in [-0.1, -0.05) is 6.07 Å². The average Bonchev–Trinajstić information content (AvgIpc) is 2.96. The summed E-state index contributed by atoms with van der Waals surface area (Å²) in [7, 11) is 0. The highest BCUT2D eigenvalue weighted by Gasteiger charge is 2.23. The van der Waals surface area contributed by atoms with Crippen LogP contribution in [0.4, 0.5) is 19.3 Å². The van der Waals surface area contributed by atoms with Crippen molar-refractivity contribution in [3.63, 3.8) is 0 Å². The van der Waals surface area contributed by atoms with E-state index in [0.29, 0.717) is 38.5 Å². The number of piperazine rings is 1. The summed E-state index contributed by atoms with van der Waals surface area (Å²) in [6, 6.07) is 4.29. The first-order valence-corrected chi connectivity index (χ1v) is 7.98. The molecule has 2 aliphatic rings. The Morgan fingerprint density at radius 2 is 1.83 bits per heavy atom. The van der Waals surface area contributed by atoms with E-state index in [1.807, 2.05) is 4.90 Å². The standard InChI is InChI=1S/C16H21F2N3O2/c17-13-3-1-4-14(15(13)18)20-9-7-19(8-10-20)5-2-6-21-11-12-23-16(21)22/h1,3-4H,2,5-12H2. The molecule has 0 aromatic heterocycles. The molecule has 5 nitrogen and oxygen atoms in total. The van der Waals surface area contributed by atoms with Crippen molar-refractivity contribution in [1.82, 2.24) is 9.80 Å². The van der Waals surface area contributed by atoms with E-state index in [2.05, 4.69) is 4.90 Å². The van der Waals surface area contributed by atoms with Gasteiger partial charge < -0.3 is 14.5 Å². The van der Waals surface area contributed by atoms with Crippen molar-refractivity contribution in [2.24, 2.45) is 0 Å². The minimum Gasteiger partial charge on any atom is -0.448 e. The molecule has 1 aromatic rings. The van der Waals surface area contributed by atoms with Crippen LogP contribution in [0.5, 0.6) is 0 Å². The maximum Gasteiger partial charge on any atom is 0.409 e. The summed E-state index contributed by atoms with van der Waals surface area (Å²) >= 11 is 0. The Morgan fingerprint density at radius 3 is 2.52 bits per heavy atom. The third-order valence-corrected chi connectivity index (χ3v) is 4.39. The predicted octanol–water partition coefficient (Wildman–Crippen LogP) is 1.93. The number of rotatable bonds is 5. The van der Waals surface area contributed by atoms with Crippen molar-refractivity contribution in [3.05, 3.63) is 29.8 Å². The fraction of sp³-hybridized carbons (Fsp3) is 0.562. The summed E-state index contributed by atoms with van der Waals surface area (Å²) in [6.45, 7) is 5.71. The predicted molar refractivity (Wildman–Crippen MR) is 82.5 cm³/mol. The van der Waals surface area contributed by atoms with E-state index in [0.717, 1.165) is 32.1 Å². The third kappa shape index (κ3) is 3.72. The fourth-order valence-electron chi connectivity index (χ4n) is 3.06. The van der Waals surface area contributed by atoms with Gasteiger partial charge in [-0.15, -0.1) is 0 Å².